The largest absolute Gasteiger partial charge is 0.309 e. The summed E-state index contributed by atoms with van der Waals surface area (Å²) in [6, 6.07) is 8.17. The maximum Gasteiger partial charge on any atom is 0.230 e. The van der Waals surface area contributed by atoms with Gasteiger partial charge in [0.2, 0.25) is 5.91 Å². The first-order valence-electron chi connectivity index (χ1n) is 9.05. The number of thiazole rings is 1. The Labute approximate surface area is 162 Å². The molecule has 4 rings (SSSR count). The molecule has 3 heterocycles. The van der Waals surface area contributed by atoms with Crippen LogP contribution in [0.4, 0.5) is 10.8 Å². The number of nitrogens with one attached hydrogen (secondary N) is 1. The van der Waals surface area contributed by atoms with Crippen molar-refractivity contribution < 1.29 is 4.79 Å². The number of amides is 1. The van der Waals surface area contributed by atoms with Gasteiger partial charge in [-0.3, -0.25) is 9.69 Å². The number of nitrogens with zero attached hydrogens (tertiary/aromatic N) is 5. The van der Waals surface area contributed by atoms with Crippen molar-refractivity contribution in [2.24, 2.45) is 0 Å². The van der Waals surface area contributed by atoms with Crippen molar-refractivity contribution in [2.75, 3.05) is 11.4 Å². The van der Waals surface area contributed by atoms with Gasteiger partial charge in [-0.05, 0) is 38.4 Å². The van der Waals surface area contributed by atoms with Gasteiger partial charge in [-0.2, -0.15) is 0 Å². The second kappa shape index (κ2) is 7.58. The number of anilines is 2. The zero-order valence-corrected chi connectivity index (χ0v) is 16.2. The van der Waals surface area contributed by atoms with Crippen LogP contribution in [0.25, 0.3) is 0 Å². The molecule has 1 N–H and O–H groups in total. The van der Waals surface area contributed by atoms with Crippen molar-refractivity contribution in [3.8, 4) is 0 Å². The number of carbonyl (C=O) groups is 1. The van der Waals surface area contributed by atoms with Crippen molar-refractivity contribution in [1.82, 2.24) is 25.3 Å². The van der Waals surface area contributed by atoms with Gasteiger partial charge >= 0.3 is 0 Å². The zero-order chi connectivity index (χ0) is 18.8. The number of benzene rings is 1. The van der Waals surface area contributed by atoms with E-state index in [4.69, 9.17) is 0 Å². The van der Waals surface area contributed by atoms with Crippen LogP contribution in [0.1, 0.15) is 42.8 Å². The number of aryl methyl sites for hydroxylation is 1. The smallest absolute Gasteiger partial charge is 0.230 e. The summed E-state index contributed by atoms with van der Waals surface area (Å²) >= 11 is 1.46. The third-order valence-electron chi connectivity index (χ3n) is 4.64. The first-order valence-corrected chi connectivity index (χ1v) is 9.93. The molecule has 1 fully saturated rings. The van der Waals surface area contributed by atoms with Crippen LogP contribution in [-0.4, -0.2) is 32.4 Å². The molecular formula is C19H22N6OS. The highest BCUT2D eigenvalue weighted by Gasteiger charge is 2.20. The lowest BCUT2D eigenvalue weighted by Crippen LogP contribution is -2.22. The Kier molecular flexibility index (Phi) is 5.00. The van der Waals surface area contributed by atoms with Crippen LogP contribution in [0.15, 0.2) is 35.8 Å². The highest BCUT2D eigenvalue weighted by molar-refractivity contribution is 7.14. The van der Waals surface area contributed by atoms with Gasteiger partial charge in [0.1, 0.15) is 0 Å². The molecule has 0 aliphatic carbocycles. The number of aromatic nitrogens is 4. The molecule has 1 unspecified atom stereocenters. The molecule has 0 saturated carbocycles. The fourth-order valence-corrected chi connectivity index (χ4v) is 4.12. The molecule has 1 atom stereocenters. The summed E-state index contributed by atoms with van der Waals surface area (Å²) in [5, 5.41) is 14.6. The predicted molar refractivity (Wildman–Crippen MR) is 105 cm³/mol. The molecule has 27 heavy (non-hydrogen) atoms. The van der Waals surface area contributed by atoms with Crippen LogP contribution in [0, 0.1) is 6.92 Å². The minimum Gasteiger partial charge on any atom is -0.309 e. The molecule has 0 radical (unpaired) electrons. The van der Waals surface area contributed by atoms with E-state index in [2.05, 4.69) is 20.6 Å². The van der Waals surface area contributed by atoms with E-state index in [0.717, 1.165) is 35.6 Å². The molecule has 140 valence electrons. The van der Waals surface area contributed by atoms with Crippen LogP contribution >= 0.6 is 11.3 Å². The second-order valence-electron chi connectivity index (χ2n) is 6.80. The van der Waals surface area contributed by atoms with Gasteiger partial charge < -0.3 is 5.32 Å². The summed E-state index contributed by atoms with van der Waals surface area (Å²) < 4.78 is 1.80. The Morgan fingerprint density at radius 3 is 2.89 bits per heavy atom. The lowest BCUT2D eigenvalue weighted by Gasteiger charge is -2.18. The second-order valence-corrected chi connectivity index (χ2v) is 7.64. The van der Waals surface area contributed by atoms with Gasteiger partial charge in [0.25, 0.3) is 0 Å². The standard InChI is InChI=1S/C19H22N6OS/c1-13-5-7-16(8-6-13)25(14(2)26)19-21-15(12-27-19)10-24-11-18(22-23-24)17-4-3-9-20-17/h5-8,11-12,17,20H,3-4,9-10H2,1-2H3. The molecule has 1 aliphatic rings. The molecule has 7 nitrogen and oxygen atoms in total. The molecule has 1 aliphatic heterocycles. The minimum absolute atomic E-state index is 0.0601. The first-order chi connectivity index (χ1) is 13.1. The van der Waals surface area contributed by atoms with Crippen LogP contribution in [0.3, 0.4) is 0 Å². The Morgan fingerprint density at radius 2 is 2.19 bits per heavy atom. The lowest BCUT2D eigenvalue weighted by molar-refractivity contribution is -0.115. The van der Waals surface area contributed by atoms with E-state index in [0.29, 0.717) is 17.7 Å². The monoisotopic (exact) mass is 382 g/mol. The predicted octanol–water partition coefficient (Wildman–Crippen LogP) is 3.20. The van der Waals surface area contributed by atoms with Crippen molar-refractivity contribution in [1.29, 1.82) is 0 Å². The van der Waals surface area contributed by atoms with Gasteiger partial charge in [-0.25, -0.2) is 9.67 Å². The summed E-state index contributed by atoms with van der Waals surface area (Å²) in [4.78, 5) is 18.5. The summed E-state index contributed by atoms with van der Waals surface area (Å²) in [5.74, 6) is -0.0601. The normalized spacial score (nSPS) is 16.6. The van der Waals surface area contributed by atoms with E-state index in [1.165, 1.54) is 17.8 Å². The Balaban J connectivity index is 1.51. The minimum atomic E-state index is -0.0601. The number of carbonyl (C=O) groups excluding carboxylic acids is 1. The van der Waals surface area contributed by atoms with Gasteiger partial charge in [0.05, 0.1) is 35.9 Å². The van der Waals surface area contributed by atoms with E-state index in [-0.39, 0.29) is 5.91 Å². The van der Waals surface area contributed by atoms with Crippen molar-refractivity contribution >= 4 is 28.1 Å². The topological polar surface area (TPSA) is 75.9 Å². The molecule has 1 saturated heterocycles. The van der Waals surface area contributed by atoms with Crippen LogP contribution < -0.4 is 10.2 Å². The summed E-state index contributed by atoms with van der Waals surface area (Å²) in [7, 11) is 0. The van der Waals surface area contributed by atoms with Gasteiger partial charge in [0, 0.05) is 12.3 Å². The average Bonchev–Trinajstić information content (AvgIpc) is 3.39. The number of hydrogen-bond acceptors (Lipinski definition) is 6. The maximum atomic E-state index is 12.2. The SMILES string of the molecule is CC(=O)N(c1ccc(C)cc1)c1nc(Cn2cc(C3CCCN3)nn2)cs1. The molecule has 0 spiro atoms. The Morgan fingerprint density at radius 1 is 1.37 bits per heavy atom. The molecule has 1 aromatic carbocycles. The molecule has 8 heteroatoms. The number of rotatable bonds is 5. The third kappa shape index (κ3) is 3.91. The molecule has 2 aromatic heterocycles. The van der Waals surface area contributed by atoms with E-state index in [1.807, 2.05) is 42.8 Å². The van der Waals surface area contributed by atoms with Crippen molar-refractivity contribution in [3.05, 3.63) is 52.8 Å². The zero-order valence-electron chi connectivity index (χ0n) is 15.4. The van der Waals surface area contributed by atoms with Crippen molar-refractivity contribution in [3.63, 3.8) is 0 Å². The van der Waals surface area contributed by atoms with Crippen LogP contribution in [0.2, 0.25) is 0 Å². The molecule has 3 aromatic rings. The molecule has 1 amide bonds. The molecule has 0 bridgehead atoms. The van der Waals surface area contributed by atoms with Gasteiger partial charge in [-0.1, -0.05) is 22.9 Å². The van der Waals surface area contributed by atoms with E-state index in [9.17, 15) is 4.79 Å². The van der Waals surface area contributed by atoms with E-state index < -0.39 is 0 Å². The van der Waals surface area contributed by atoms with Crippen molar-refractivity contribution in [2.45, 2.75) is 39.3 Å². The van der Waals surface area contributed by atoms with Crippen LogP contribution in [0.5, 0.6) is 0 Å². The summed E-state index contributed by atoms with van der Waals surface area (Å²) in [6.07, 6.45) is 4.25. The quantitative estimate of drug-likeness (QED) is 0.733. The Bertz CT molecular complexity index is 926. The van der Waals surface area contributed by atoms with E-state index >= 15 is 0 Å². The first kappa shape index (κ1) is 17.8. The third-order valence-corrected chi connectivity index (χ3v) is 5.51. The number of hydrogen-bond donors (Lipinski definition) is 1. The Hall–Kier alpha value is -2.58. The fourth-order valence-electron chi connectivity index (χ4n) is 3.25. The van der Waals surface area contributed by atoms with E-state index in [1.54, 1.807) is 16.5 Å². The fraction of sp³-hybridized carbons (Fsp3) is 0.368. The highest BCUT2D eigenvalue weighted by Crippen LogP contribution is 2.29. The summed E-state index contributed by atoms with van der Waals surface area (Å²) in [5.41, 5.74) is 3.82. The van der Waals surface area contributed by atoms with Crippen LogP contribution in [-0.2, 0) is 11.3 Å². The highest BCUT2D eigenvalue weighted by atomic mass is 32.1. The van der Waals surface area contributed by atoms with Gasteiger partial charge in [-0.15, -0.1) is 16.4 Å². The lowest BCUT2D eigenvalue weighted by atomic mass is 10.2. The summed E-state index contributed by atoms with van der Waals surface area (Å²) in [6.45, 7) is 5.15. The molecular weight excluding hydrogens is 360 g/mol. The van der Waals surface area contributed by atoms with Gasteiger partial charge in [0.15, 0.2) is 5.13 Å². The maximum absolute atomic E-state index is 12.2. The average molecular weight is 382 g/mol.